The zero-order valence-electron chi connectivity index (χ0n) is 15.4. The summed E-state index contributed by atoms with van der Waals surface area (Å²) in [6.45, 7) is 10.2. The van der Waals surface area contributed by atoms with Crippen LogP contribution in [-0.4, -0.2) is 90.8 Å². The summed E-state index contributed by atoms with van der Waals surface area (Å²) in [7, 11) is 0. The quantitative estimate of drug-likeness (QED) is 0.779. The lowest BCUT2D eigenvalue weighted by Gasteiger charge is -2.33. The van der Waals surface area contributed by atoms with Crippen LogP contribution in [0.4, 0.5) is 4.79 Å². The second-order valence-electron chi connectivity index (χ2n) is 6.39. The molecule has 144 valence electrons. The van der Waals surface area contributed by atoms with Gasteiger partial charge in [-0.2, -0.15) is 0 Å². The lowest BCUT2D eigenvalue weighted by Crippen LogP contribution is -2.50. The molecular formula is C17H26N4O4S. The molecule has 0 radical (unpaired) electrons. The smallest absolute Gasteiger partial charge is 0.409 e. The summed E-state index contributed by atoms with van der Waals surface area (Å²) in [6, 6.07) is 0. The van der Waals surface area contributed by atoms with Gasteiger partial charge in [-0.25, -0.2) is 9.78 Å². The number of carbonyl (C=O) groups excluding carboxylic acids is 2. The molecule has 2 amide bonds. The summed E-state index contributed by atoms with van der Waals surface area (Å²) in [5.74, 6) is 0.0109. The summed E-state index contributed by atoms with van der Waals surface area (Å²) in [5.41, 5.74) is 0.788. The number of hydrogen-bond acceptors (Lipinski definition) is 7. The maximum Gasteiger partial charge on any atom is 0.409 e. The standard InChI is InChI=1S/C17H26N4O4S/c1-3-25-17(23)21-6-4-20(5-7-21)16(22)15-13(2)18-14(26-15)12-19-8-10-24-11-9-19/h3-12H2,1-2H3. The Morgan fingerprint density at radius 2 is 1.77 bits per heavy atom. The fourth-order valence-corrected chi connectivity index (χ4v) is 4.19. The van der Waals surface area contributed by atoms with Crippen molar-refractivity contribution in [2.75, 3.05) is 59.1 Å². The van der Waals surface area contributed by atoms with Gasteiger partial charge >= 0.3 is 6.09 Å². The molecule has 2 aliphatic rings. The lowest BCUT2D eigenvalue weighted by atomic mass is 10.3. The van der Waals surface area contributed by atoms with Crippen molar-refractivity contribution in [3.05, 3.63) is 15.6 Å². The van der Waals surface area contributed by atoms with Gasteiger partial charge in [-0.15, -0.1) is 11.3 Å². The van der Waals surface area contributed by atoms with Gasteiger partial charge in [0.25, 0.3) is 5.91 Å². The first-order valence-corrected chi connectivity index (χ1v) is 9.87. The first-order chi connectivity index (χ1) is 12.6. The van der Waals surface area contributed by atoms with Crippen molar-refractivity contribution in [1.82, 2.24) is 19.7 Å². The number of hydrogen-bond donors (Lipinski definition) is 0. The highest BCUT2D eigenvalue weighted by molar-refractivity contribution is 7.13. The Bertz CT molecular complexity index is 637. The molecule has 0 spiro atoms. The van der Waals surface area contributed by atoms with E-state index in [0.717, 1.165) is 43.5 Å². The average molecular weight is 382 g/mol. The van der Waals surface area contributed by atoms with E-state index in [-0.39, 0.29) is 12.0 Å². The normalized spacial score (nSPS) is 18.8. The first kappa shape index (κ1) is 19.1. The van der Waals surface area contributed by atoms with Crippen LogP contribution in [0.15, 0.2) is 0 Å². The molecule has 8 nitrogen and oxygen atoms in total. The van der Waals surface area contributed by atoms with Crippen LogP contribution in [0.1, 0.15) is 27.3 Å². The van der Waals surface area contributed by atoms with Crippen LogP contribution in [-0.2, 0) is 16.0 Å². The van der Waals surface area contributed by atoms with Gasteiger partial charge in [0.2, 0.25) is 0 Å². The van der Waals surface area contributed by atoms with Crippen molar-refractivity contribution in [2.45, 2.75) is 20.4 Å². The van der Waals surface area contributed by atoms with Crippen molar-refractivity contribution >= 4 is 23.3 Å². The van der Waals surface area contributed by atoms with Crippen molar-refractivity contribution in [1.29, 1.82) is 0 Å². The van der Waals surface area contributed by atoms with Gasteiger partial charge in [0, 0.05) is 39.3 Å². The summed E-state index contributed by atoms with van der Waals surface area (Å²) >= 11 is 1.48. The Kier molecular flexibility index (Phi) is 6.44. The van der Waals surface area contributed by atoms with E-state index in [1.165, 1.54) is 11.3 Å². The molecule has 0 saturated carbocycles. The number of nitrogens with zero attached hydrogens (tertiary/aromatic N) is 4. The SMILES string of the molecule is CCOC(=O)N1CCN(C(=O)c2sc(CN3CCOCC3)nc2C)CC1. The van der Waals surface area contributed by atoms with Crippen LogP contribution >= 0.6 is 11.3 Å². The van der Waals surface area contributed by atoms with Gasteiger partial charge in [0.1, 0.15) is 9.88 Å². The maximum absolute atomic E-state index is 12.9. The molecule has 3 heterocycles. The topological polar surface area (TPSA) is 75.2 Å². The van der Waals surface area contributed by atoms with Crippen LogP contribution in [0.5, 0.6) is 0 Å². The maximum atomic E-state index is 12.9. The van der Waals surface area contributed by atoms with E-state index in [2.05, 4.69) is 9.88 Å². The Morgan fingerprint density at radius 3 is 2.42 bits per heavy atom. The van der Waals surface area contributed by atoms with E-state index in [1.54, 1.807) is 16.7 Å². The van der Waals surface area contributed by atoms with E-state index in [1.807, 2.05) is 6.92 Å². The molecule has 0 aliphatic carbocycles. The Morgan fingerprint density at radius 1 is 1.12 bits per heavy atom. The molecule has 2 fully saturated rings. The minimum atomic E-state index is -0.304. The second-order valence-corrected chi connectivity index (χ2v) is 7.47. The number of thiazole rings is 1. The molecule has 0 aromatic carbocycles. The van der Waals surface area contributed by atoms with E-state index >= 15 is 0 Å². The molecule has 1 aromatic rings. The molecule has 2 aliphatic heterocycles. The van der Waals surface area contributed by atoms with E-state index in [9.17, 15) is 9.59 Å². The third-order valence-corrected chi connectivity index (χ3v) is 5.72. The zero-order chi connectivity index (χ0) is 18.5. The number of morpholine rings is 1. The van der Waals surface area contributed by atoms with Crippen molar-refractivity contribution in [3.63, 3.8) is 0 Å². The highest BCUT2D eigenvalue weighted by Crippen LogP contribution is 2.22. The van der Waals surface area contributed by atoms with Gasteiger partial charge in [0.15, 0.2) is 0 Å². The highest BCUT2D eigenvalue weighted by atomic mass is 32.1. The van der Waals surface area contributed by atoms with Gasteiger partial charge < -0.3 is 19.3 Å². The fourth-order valence-electron chi connectivity index (χ4n) is 3.12. The van der Waals surface area contributed by atoms with E-state index < -0.39 is 0 Å². The molecule has 9 heteroatoms. The number of amides is 2. The Hall–Kier alpha value is -1.71. The summed E-state index contributed by atoms with van der Waals surface area (Å²) < 4.78 is 10.4. The predicted octanol–water partition coefficient (Wildman–Crippen LogP) is 1.20. The molecule has 3 rings (SSSR count). The highest BCUT2D eigenvalue weighted by Gasteiger charge is 2.28. The Balaban J connectivity index is 1.57. The third kappa shape index (κ3) is 4.52. The number of carbonyl (C=O) groups is 2. The molecule has 2 saturated heterocycles. The number of piperazine rings is 1. The summed E-state index contributed by atoms with van der Waals surface area (Å²) in [5, 5.41) is 0.970. The van der Waals surface area contributed by atoms with Gasteiger partial charge in [-0.3, -0.25) is 9.69 Å². The van der Waals surface area contributed by atoms with Gasteiger partial charge in [-0.05, 0) is 13.8 Å². The summed E-state index contributed by atoms with van der Waals surface area (Å²) in [4.78, 5) is 35.7. The minimum Gasteiger partial charge on any atom is -0.450 e. The minimum absolute atomic E-state index is 0.0109. The molecule has 1 aromatic heterocycles. The van der Waals surface area contributed by atoms with Crippen LogP contribution < -0.4 is 0 Å². The van der Waals surface area contributed by atoms with Gasteiger partial charge in [0.05, 0.1) is 32.1 Å². The van der Waals surface area contributed by atoms with Crippen molar-refractivity contribution < 1.29 is 19.1 Å². The number of ether oxygens (including phenoxy) is 2. The number of rotatable bonds is 4. The molecule has 0 unspecified atom stereocenters. The average Bonchev–Trinajstić information content (AvgIpc) is 3.02. The largest absolute Gasteiger partial charge is 0.450 e. The predicted molar refractivity (Wildman–Crippen MR) is 97.4 cm³/mol. The third-order valence-electron chi connectivity index (χ3n) is 4.59. The first-order valence-electron chi connectivity index (χ1n) is 9.06. The second kappa shape index (κ2) is 8.79. The van der Waals surface area contributed by atoms with Crippen LogP contribution in [0.25, 0.3) is 0 Å². The van der Waals surface area contributed by atoms with Crippen molar-refractivity contribution in [3.8, 4) is 0 Å². The summed E-state index contributed by atoms with van der Waals surface area (Å²) in [6.07, 6.45) is -0.304. The van der Waals surface area contributed by atoms with Gasteiger partial charge in [-0.1, -0.05) is 0 Å². The van der Waals surface area contributed by atoms with Crippen LogP contribution in [0.2, 0.25) is 0 Å². The van der Waals surface area contributed by atoms with E-state index in [4.69, 9.17) is 9.47 Å². The molecule has 0 atom stereocenters. The lowest BCUT2D eigenvalue weighted by molar-refractivity contribution is 0.0341. The van der Waals surface area contributed by atoms with Crippen LogP contribution in [0, 0.1) is 6.92 Å². The Labute approximate surface area is 157 Å². The zero-order valence-corrected chi connectivity index (χ0v) is 16.2. The molecular weight excluding hydrogens is 356 g/mol. The molecule has 0 N–H and O–H groups in total. The van der Waals surface area contributed by atoms with Crippen LogP contribution in [0.3, 0.4) is 0 Å². The molecule has 0 bridgehead atoms. The number of aryl methyl sites for hydroxylation is 1. The molecule has 26 heavy (non-hydrogen) atoms. The number of aromatic nitrogens is 1. The monoisotopic (exact) mass is 382 g/mol. The van der Waals surface area contributed by atoms with Crippen molar-refractivity contribution in [2.24, 2.45) is 0 Å². The fraction of sp³-hybridized carbons (Fsp3) is 0.706. The van der Waals surface area contributed by atoms with E-state index in [0.29, 0.717) is 37.7 Å².